The molecule has 0 bridgehead atoms. The molecule has 1 aliphatic heterocycles. The lowest BCUT2D eigenvalue weighted by Gasteiger charge is -2.28. The standard InChI is InChI=1S/C12H14ClN5O3/c1-20-8(19)6-18-7-14-10-9(18)11(16-12(13)15-10)17-2-4-21-5-3-17/h7H,2-6H2,1H3. The topological polar surface area (TPSA) is 82.4 Å². The highest BCUT2D eigenvalue weighted by molar-refractivity contribution is 6.28. The van der Waals surface area contributed by atoms with Crippen molar-refractivity contribution in [1.29, 1.82) is 0 Å². The molecule has 3 rings (SSSR count). The second-order valence-electron chi connectivity index (χ2n) is 4.54. The van der Waals surface area contributed by atoms with E-state index in [2.05, 4.69) is 19.9 Å². The van der Waals surface area contributed by atoms with Crippen LogP contribution in [0.3, 0.4) is 0 Å². The van der Waals surface area contributed by atoms with E-state index in [1.165, 1.54) is 13.4 Å². The Kier molecular flexibility index (Phi) is 3.89. The molecule has 0 unspecified atom stereocenters. The van der Waals surface area contributed by atoms with E-state index in [0.29, 0.717) is 43.3 Å². The van der Waals surface area contributed by atoms with Crippen LogP contribution in [-0.4, -0.2) is 58.9 Å². The van der Waals surface area contributed by atoms with Crippen molar-refractivity contribution >= 4 is 34.6 Å². The van der Waals surface area contributed by atoms with Crippen LogP contribution in [0.25, 0.3) is 11.2 Å². The van der Waals surface area contributed by atoms with E-state index in [-0.39, 0.29) is 17.8 Å². The molecule has 21 heavy (non-hydrogen) atoms. The molecule has 0 spiro atoms. The quantitative estimate of drug-likeness (QED) is 0.602. The molecule has 0 radical (unpaired) electrons. The van der Waals surface area contributed by atoms with Crippen molar-refractivity contribution in [2.24, 2.45) is 0 Å². The molecular weight excluding hydrogens is 298 g/mol. The van der Waals surface area contributed by atoms with Crippen molar-refractivity contribution < 1.29 is 14.3 Å². The number of carbonyl (C=O) groups is 1. The normalized spacial score (nSPS) is 15.4. The zero-order valence-electron chi connectivity index (χ0n) is 11.5. The Balaban J connectivity index is 2.07. The summed E-state index contributed by atoms with van der Waals surface area (Å²) in [5.74, 6) is 0.298. The molecule has 0 aliphatic carbocycles. The lowest BCUT2D eigenvalue weighted by atomic mass is 10.3. The Labute approximate surface area is 125 Å². The molecule has 0 aromatic carbocycles. The number of anilines is 1. The highest BCUT2D eigenvalue weighted by Crippen LogP contribution is 2.25. The van der Waals surface area contributed by atoms with Gasteiger partial charge in [0.25, 0.3) is 0 Å². The van der Waals surface area contributed by atoms with Crippen LogP contribution in [0.1, 0.15) is 0 Å². The van der Waals surface area contributed by atoms with E-state index in [0.717, 1.165) is 0 Å². The maximum Gasteiger partial charge on any atom is 0.325 e. The van der Waals surface area contributed by atoms with Gasteiger partial charge in [0.05, 0.1) is 26.7 Å². The molecule has 1 fully saturated rings. The van der Waals surface area contributed by atoms with Gasteiger partial charge in [-0.25, -0.2) is 4.98 Å². The van der Waals surface area contributed by atoms with Gasteiger partial charge in [-0.15, -0.1) is 0 Å². The number of aromatic nitrogens is 4. The molecule has 0 atom stereocenters. The first kappa shape index (κ1) is 14.0. The van der Waals surface area contributed by atoms with Crippen LogP contribution in [-0.2, 0) is 20.8 Å². The number of esters is 1. The lowest BCUT2D eigenvalue weighted by molar-refractivity contribution is -0.141. The van der Waals surface area contributed by atoms with E-state index >= 15 is 0 Å². The van der Waals surface area contributed by atoms with Gasteiger partial charge in [-0.3, -0.25) is 4.79 Å². The van der Waals surface area contributed by atoms with Crippen molar-refractivity contribution in [1.82, 2.24) is 19.5 Å². The van der Waals surface area contributed by atoms with Crippen LogP contribution in [0.15, 0.2) is 6.33 Å². The van der Waals surface area contributed by atoms with E-state index < -0.39 is 0 Å². The number of rotatable bonds is 3. The second-order valence-corrected chi connectivity index (χ2v) is 4.87. The molecule has 0 amide bonds. The van der Waals surface area contributed by atoms with Gasteiger partial charge in [-0.2, -0.15) is 9.97 Å². The van der Waals surface area contributed by atoms with E-state index in [4.69, 9.17) is 21.1 Å². The molecular formula is C12H14ClN5O3. The SMILES string of the molecule is COC(=O)Cn1cnc2nc(Cl)nc(N3CCOCC3)c21. The maximum absolute atomic E-state index is 11.5. The van der Waals surface area contributed by atoms with Gasteiger partial charge in [0.2, 0.25) is 5.28 Å². The fourth-order valence-electron chi connectivity index (χ4n) is 2.25. The first-order chi connectivity index (χ1) is 10.2. The molecule has 2 aromatic rings. The third kappa shape index (κ3) is 2.77. The summed E-state index contributed by atoms with van der Waals surface area (Å²) in [5, 5.41) is 0.132. The monoisotopic (exact) mass is 311 g/mol. The molecule has 1 saturated heterocycles. The number of hydrogen-bond donors (Lipinski definition) is 0. The summed E-state index contributed by atoms with van der Waals surface area (Å²) in [6.45, 7) is 2.69. The minimum atomic E-state index is -0.364. The Morgan fingerprint density at radius 3 is 2.90 bits per heavy atom. The number of nitrogens with zero attached hydrogens (tertiary/aromatic N) is 5. The molecule has 112 valence electrons. The minimum absolute atomic E-state index is 0.0509. The van der Waals surface area contributed by atoms with Crippen LogP contribution in [0.2, 0.25) is 5.28 Å². The van der Waals surface area contributed by atoms with Crippen LogP contribution in [0.4, 0.5) is 5.82 Å². The van der Waals surface area contributed by atoms with Gasteiger partial charge in [-0.1, -0.05) is 0 Å². The smallest absolute Gasteiger partial charge is 0.325 e. The van der Waals surface area contributed by atoms with Crippen molar-refractivity contribution in [3.05, 3.63) is 11.6 Å². The maximum atomic E-state index is 11.5. The summed E-state index contributed by atoms with van der Waals surface area (Å²) < 4.78 is 11.7. The summed E-state index contributed by atoms with van der Waals surface area (Å²) >= 11 is 5.96. The summed E-state index contributed by atoms with van der Waals surface area (Å²) in [5.41, 5.74) is 1.13. The number of hydrogen-bond acceptors (Lipinski definition) is 7. The predicted octanol–water partition coefficient (Wildman–Crippen LogP) is 0.489. The van der Waals surface area contributed by atoms with Gasteiger partial charge in [-0.05, 0) is 11.6 Å². The average molecular weight is 312 g/mol. The third-order valence-electron chi connectivity index (χ3n) is 3.26. The zero-order chi connectivity index (χ0) is 14.8. The molecule has 8 nitrogen and oxygen atoms in total. The summed E-state index contributed by atoms with van der Waals surface area (Å²) in [7, 11) is 1.34. The van der Waals surface area contributed by atoms with Crippen molar-refractivity contribution in [2.75, 3.05) is 38.3 Å². The van der Waals surface area contributed by atoms with E-state index in [9.17, 15) is 4.79 Å². The second kappa shape index (κ2) is 5.82. The van der Waals surface area contributed by atoms with Crippen LogP contribution in [0, 0.1) is 0 Å². The van der Waals surface area contributed by atoms with Crippen LogP contribution < -0.4 is 4.90 Å². The zero-order valence-corrected chi connectivity index (χ0v) is 12.2. The van der Waals surface area contributed by atoms with Gasteiger partial charge in [0.1, 0.15) is 12.1 Å². The van der Waals surface area contributed by atoms with Crippen LogP contribution in [0.5, 0.6) is 0 Å². The summed E-state index contributed by atoms with van der Waals surface area (Å²) in [6.07, 6.45) is 1.54. The molecule has 2 aromatic heterocycles. The van der Waals surface area contributed by atoms with Gasteiger partial charge in [0.15, 0.2) is 11.5 Å². The van der Waals surface area contributed by atoms with E-state index in [1.54, 1.807) is 4.57 Å². The van der Waals surface area contributed by atoms with Crippen molar-refractivity contribution in [3.8, 4) is 0 Å². The largest absolute Gasteiger partial charge is 0.468 e. The average Bonchev–Trinajstić information content (AvgIpc) is 2.90. The fourth-order valence-corrected chi connectivity index (χ4v) is 2.41. The summed E-state index contributed by atoms with van der Waals surface area (Å²) in [6, 6.07) is 0. The van der Waals surface area contributed by atoms with Crippen LogP contribution >= 0.6 is 11.6 Å². The summed E-state index contributed by atoms with van der Waals surface area (Å²) in [4.78, 5) is 26.1. The predicted molar refractivity (Wildman–Crippen MR) is 75.4 cm³/mol. The third-order valence-corrected chi connectivity index (χ3v) is 3.43. The molecule has 1 aliphatic rings. The first-order valence-electron chi connectivity index (χ1n) is 6.47. The number of ether oxygens (including phenoxy) is 2. The van der Waals surface area contributed by atoms with Gasteiger partial charge < -0.3 is 18.9 Å². The number of imidazole rings is 1. The number of carbonyl (C=O) groups excluding carboxylic acids is 1. The molecule has 0 N–H and O–H groups in total. The fraction of sp³-hybridized carbons (Fsp3) is 0.500. The first-order valence-corrected chi connectivity index (χ1v) is 6.84. The van der Waals surface area contributed by atoms with Crippen molar-refractivity contribution in [3.63, 3.8) is 0 Å². The Morgan fingerprint density at radius 1 is 1.43 bits per heavy atom. The highest BCUT2D eigenvalue weighted by atomic mass is 35.5. The minimum Gasteiger partial charge on any atom is -0.468 e. The Bertz CT molecular complexity index is 668. The Hall–Kier alpha value is -1.93. The van der Waals surface area contributed by atoms with Gasteiger partial charge in [0, 0.05) is 13.1 Å². The van der Waals surface area contributed by atoms with E-state index in [1.807, 2.05) is 0 Å². The lowest BCUT2D eigenvalue weighted by Crippen LogP contribution is -2.37. The molecule has 0 saturated carbocycles. The molecule has 9 heteroatoms. The number of methoxy groups -OCH3 is 1. The van der Waals surface area contributed by atoms with Gasteiger partial charge >= 0.3 is 5.97 Å². The Morgan fingerprint density at radius 2 is 2.19 bits per heavy atom. The number of morpholine rings is 1. The number of halogens is 1. The highest BCUT2D eigenvalue weighted by Gasteiger charge is 2.21. The van der Waals surface area contributed by atoms with Crippen molar-refractivity contribution in [2.45, 2.75) is 6.54 Å². The molecule has 3 heterocycles. The number of fused-ring (bicyclic) bond motifs is 1.